The molecule has 0 unspecified atom stereocenters. The minimum atomic E-state index is -0.365. The topological polar surface area (TPSA) is 42.7 Å². The van der Waals surface area contributed by atoms with Crippen molar-refractivity contribution in [3.05, 3.63) is 35.8 Å². The highest BCUT2D eigenvalue weighted by molar-refractivity contribution is 5.77. The summed E-state index contributed by atoms with van der Waals surface area (Å²) in [5.41, 5.74) is 2.49. The van der Waals surface area contributed by atoms with Crippen LogP contribution in [0.5, 0.6) is 0 Å². The molecule has 4 heteroatoms. The van der Waals surface area contributed by atoms with Crippen molar-refractivity contribution in [3.8, 4) is 0 Å². The lowest BCUT2D eigenvalue weighted by Gasteiger charge is -2.57. The van der Waals surface area contributed by atoms with Gasteiger partial charge in [-0.3, -0.25) is 9.69 Å². The summed E-state index contributed by atoms with van der Waals surface area (Å²) in [5.74, 6) is 1.95. The van der Waals surface area contributed by atoms with Crippen LogP contribution < -0.4 is 0 Å². The molecule has 0 aromatic carbocycles. The summed E-state index contributed by atoms with van der Waals surface area (Å²) in [4.78, 5) is 15.3. The van der Waals surface area contributed by atoms with Gasteiger partial charge in [-0.1, -0.05) is 31.9 Å². The van der Waals surface area contributed by atoms with Gasteiger partial charge in [0.05, 0.1) is 25.3 Å². The zero-order valence-corrected chi connectivity index (χ0v) is 19.9. The minimum Gasteiger partial charge on any atom is -0.469 e. The van der Waals surface area contributed by atoms with Gasteiger partial charge in [0.1, 0.15) is 5.76 Å². The van der Waals surface area contributed by atoms with E-state index in [9.17, 15) is 4.79 Å². The highest BCUT2D eigenvalue weighted by Crippen LogP contribution is 2.62. The minimum absolute atomic E-state index is 0.0201. The first-order valence-electron chi connectivity index (χ1n) is 12.4. The smallest absolute Gasteiger partial charge is 0.311 e. The third-order valence-electron chi connectivity index (χ3n) is 9.03. The molecule has 4 nitrogen and oxygen atoms in total. The van der Waals surface area contributed by atoms with E-state index in [1.165, 1.54) is 49.9 Å². The Kier molecular flexibility index (Phi) is 6.67. The van der Waals surface area contributed by atoms with Crippen molar-refractivity contribution < 1.29 is 13.9 Å². The molecule has 4 atom stereocenters. The molecule has 172 valence electrons. The van der Waals surface area contributed by atoms with Gasteiger partial charge in [0.2, 0.25) is 0 Å². The normalized spacial score (nSPS) is 34.4. The number of fused-ring (bicyclic) bond motifs is 1. The fourth-order valence-electron chi connectivity index (χ4n) is 7.31. The number of piperidine rings is 1. The Morgan fingerprint density at radius 1 is 1.23 bits per heavy atom. The van der Waals surface area contributed by atoms with Crippen LogP contribution in [-0.2, 0) is 22.5 Å². The monoisotopic (exact) mass is 427 g/mol. The summed E-state index contributed by atoms with van der Waals surface area (Å²) in [6.45, 7) is 12.4. The predicted molar refractivity (Wildman–Crippen MR) is 124 cm³/mol. The Balaban J connectivity index is 1.49. The molecule has 1 aliphatic heterocycles. The van der Waals surface area contributed by atoms with E-state index in [0.29, 0.717) is 11.8 Å². The van der Waals surface area contributed by atoms with Crippen molar-refractivity contribution in [2.75, 3.05) is 20.2 Å². The maximum absolute atomic E-state index is 12.8. The average molecular weight is 428 g/mol. The second-order valence-corrected chi connectivity index (χ2v) is 10.8. The van der Waals surface area contributed by atoms with Crippen molar-refractivity contribution in [1.29, 1.82) is 0 Å². The Morgan fingerprint density at radius 2 is 2.00 bits per heavy atom. The first-order chi connectivity index (χ1) is 14.9. The van der Waals surface area contributed by atoms with E-state index in [2.05, 4.69) is 31.4 Å². The van der Waals surface area contributed by atoms with E-state index in [1.54, 1.807) is 7.11 Å². The number of nitrogens with zero attached hydrogens (tertiary/aromatic N) is 1. The van der Waals surface area contributed by atoms with Crippen LogP contribution in [0.1, 0.15) is 83.0 Å². The number of hydrogen-bond acceptors (Lipinski definition) is 4. The van der Waals surface area contributed by atoms with Gasteiger partial charge in [0.15, 0.2) is 0 Å². The van der Waals surface area contributed by atoms with Gasteiger partial charge in [0.25, 0.3) is 0 Å². The van der Waals surface area contributed by atoms with Gasteiger partial charge in [-0.05, 0) is 100 Å². The van der Waals surface area contributed by atoms with E-state index in [0.717, 1.165) is 50.8 Å². The maximum Gasteiger partial charge on any atom is 0.311 e. The van der Waals surface area contributed by atoms with E-state index in [1.807, 2.05) is 6.26 Å². The summed E-state index contributed by atoms with van der Waals surface area (Å²) < 4.78 is 11.2. The average Bonchev–Trinajstić information content (AvgIpc) is 3.20. The SMILES string of the molecule is C=C1CC[C@@H]2[C@](C)(CCC[C@@]2(C)C(=O)OC)[C@H]1CCc1ccoc1CN1CCCCC1. The summed E-state index contributed by atoms with van der Waals surface area (Å²) in [6, 6.07) is 2.17. The number of ether oxygens (including phenoxy) is 1. The lowest BCUT2D eigenvalue weighted by Crippen LogP contribution is -2.53. The highest BCUT2D eigenvalue weighted by Gasteiger charge is 2.57. The zero-order chi connectivity index (χ0) is 22.1. The van der Waals surface area contributed by atoms with Gasteiger partial charge in [-0.25, -0.2) is 0 Å². The molecule has 1 aromatic rings. The number of carbonyl (C=O) groups excluding carboxylic acids is 1. The van der Waals surface area contributed by atoms with E-state index in [4.69, 9.17) is 9.15 Å². The molecular formula is C27H41NO3. The Labute approximate surface area is 188 Å². The fraction of sp³-hybridized carbons (Fsp3) is 0.741. The second-order valence-electron chi connectivity index (χ2n) is 10.8. The Bertz CT molecular complexity index is 792. The van der Waals surface area contributed by atoms with Crippen molar-refractivity contribution in [2.45, 2.75) is 84.6 Å². The number of carbonyl (C=O) groups is 1. The highest BCUT2D eigenvalue weighted by atomic mass is 16.5. The molecule has 0 bridgehead atoms. The van der Waals surface area contributed by atoms with E-state index >= 15 is 0 Å². The maximum atomic E-state index is 12.8. The van der Waals surface area contributed by atoms with Crippen molar-refractivity contribution in [1.82, 2.24) is 4.90 Å². The molecular weight excluding hydrogens is 386 g/mol. The van der Waals surface area contributed by atoms with E-state index < -0.39 is 0 Å². The molecule has 3 fully saturated rings. The van der Waals surface area contributed by atoms with Gasteiger partial charge >= 0.3 is 5.97 Å². The summed E-state index contributed by atoms with van der Waals surface area (Å²) in [5, 5.41) is 0. The molecule has 0 spiro atoms. The second kappa shape index (κ2) is 9.13. The third-order valence-corrected chi connectivity index (χ3v) is 9.03. The molecule has 1 saturated heterocycles. The van der Waals surface area contributed by atoms with Crippen molar-refractivity contribution >= 4 is 5.97 Å². The number of aryl methyl sites for hydroxylation is 1. The van der Waals surface area contributed by atoms with Crippen LogP contribution in [-0.4, -0.2) is 31.1 Å². The summed E-state index contributed by atoms with van der Waals surface area (Å²) >= 11 is 0. The molecule has 2 heterocycles. The molecule has 31 heavy (non-hydrogen) atoms. The standard InChI is InChI=1S/C27H41NO3/c1-20-9-12-24-26(2,14-8-15-27(24,3)25(29)30-4)22(20)11-10-21-13-18-31-23(21)19-28-16-6-5-7-17-28/h13,18,22,24H,1,5-12,14-17,19H2,2-4H3/t22-,24+,26+,27+/m0/s1. The largest absolute Gasteiger partial charge is 0.469 e. The first-order valence-corrected chi connectivity index (χ1v) is 12.4. The van der Waals surface area contributed by atoms with Crippen LogP contribution >= 0.6 is 0 Å². The van der Waals surface area contributed by atoms with E-state index in [-0.39, 0.29) is 16.8 Å². The zero-order valence-electron chi connectivity index (χ0n) is 19.9. The van der Waals surface area contributed by atoms with Crippen molar-refractivity contribution in [3.63, 3.8) is 0 Å². The third kappa shape index (κ3) is 4.25. The van der Waals surface area contributed by atoms with Crippen LogP contribution in [0.4, 0.5) is 0 Å². The van der Waals surface area contributed by atoms with Gasteiger partial charge in [0, 0.05) is 0 Å². The summed E-state index contributed by atoms with van der Waals surface area (Å²) in [7, 11) is 1.54. The molecule has 0 radical (unpaired) electrons. The van der Waals surface area contributed by atoms with Crippen LogP contribution in [0, 0.1) is 22.7 Å². The molecule has 0 amide bonds. The van der Waals surface area contributed by atoms with Crippen LogP contribution in [0.3, 0.4) is 0 Å². The lowest BCUT2D eigenvalue weighted by atomic mass is 9.46. The Morgan fingerprint density at radius 3 is 2.74 bits per heavy atom. The van der Waals surface area contributed by atoms with Crippen LogP contribution in [0.25, 0.3) is 0 Å². The number of allylic oxidation sites excluding steroid dienone is 1. The number of esters is 1. The number of hydrogen-bond donors (Lipinski definition) is 0. The molecule has 2 saturated carbocycles. The number of methoxy groups -OCH3 is 1. The number of likely N-dealkylation sites (tertiary alicyclic amines) is 1. The van der Waals surface area contributed by atoms with Gasteiger partial charge in [-0.15, -0.1) is 0 Å². The quantitative estimate of drug-likeness (QED) is 0.403. The lowest BCUT2D eigenvalue weighted by molar-refractivity contribution is -0.168. The molecule has 2 aliphatic carbocycles. The van der Waals surface area contributed by atoms with Gasteiger partial charge < -0.3 is 9.15 Å². The molecule has 1 aromatic heterocycles. The predicted octanol–water partition coefficient (Wildman–Crippen LogP) is 6.15. The van der Waals surface area contributed by atoms with Gasteiger partial charge in [-0.2, -0.15) is 0 Å². The van der Waals surface area contributed by atoms with Crippen LogP contribution in [0.2, 0.25) is 0 Å². The van der Waals surface area contributed by atoms with Crippen LogP contribution in [0.15, 0.2) is 28.9 Å². The Hall–Kier alpha value is -1.55. The fourth-order valence-corrected chi connectivity index (χ4v) is 7.31. The number of furan rings is 1. The molecule has 0 N–H and O–H groups in total. The molecule has 3 aliphatic rings. The summed E-state index contributed by atoms with van der Waals surface area (Å²) in [6.07, 6.45) is 13.3. The first kappa shape index (κ1) is 22.6. The van der Waals surface area contributed by atoms with Crippen molar-refractivity contribution in [2.24, 2.45) is 22.7 Å². The molecule has 4 rings (SSSR count). The number of rotatable bonds is 6.